The molecule has 0 spiro atoms. The van der Waals surface area contributed by atoms with Crippen LogP contribution in [0.3, 0.4) is 0 Å². The molecule has 0 bridgehead atoms. The Balaban J connectivity index is 1.94. The Morgan fingerprint density at radius 1 is 1.13 bits per heavy atom. The minimum absolute atomic E-state index is 0.0940. The van der Waals surface area contributed by atoms with Crippen LogP contribution in [-0.2, 0) is 11.5 Å². The van der Waals surface area contributed by atoms with Gasteiger partial charge in [-0.3, -0.25) is 0 Å². The fourth-order valence-corrected chi connectivity index (χ4v) is 3.76. The van der Waals surface area contributed by atoms with E-state index in [1.54, 1.807) is 35.0 Å². The summed E-state index contributed by atoms with van der Waals surface area (Å²) in [5.41, 5.74) is 1.67. The van der Waals surface area contributed by atoms with Gasteiger partial charge in [0.25, 0.3) is 0 Å². The Morgan fingerprint density at radius 2 is 1.90 bits per heavy atom. The van der Waals surface area contributed by atoms with Crippen molar-refractivity contribution in [3.05, 3.63) is 41.8 Å². The van der Waals surface area contributed by atoms with Crippen LogP contribution in [0.4, 0.5) is 13.2 Å². The fourth-order valence-electron chi connectivity index (χ4n) is 2.86. The number of pyridine rings is 2. The number of rotatable bonds is 8. The molecule has 0 aliphatic carbocycles. The summed E-state index contributed by atoms with van der Waals surface area (Å²) in [7, 11) is -1.23. The molecule has 0 unspecified atom stereocenters. The van der Waals surface area contributed by atoms with Gasteiger partial charge >= 0.3 is 6.18 Å². The predicted molar refractivity (Wildman–Crippen MR) is 114 cm³/mol. The van der Waals surface area contributed by atoms with E-state index in [1.165, 1.54) is 6.20 Å². The molecule has 0 aromatic carbocycles. The molecule has 0 radical (unpaired) electrons. The van der Waals surface area contributed by atoms with Gasteiger partial charge < -0.3 is 14.0 Å². The topological polar surface area (TPSA) is 49.2 Å². The van der Waals surface area contributed by atoms with Gasteiger partial charge in [-0.1, -0.05) is 31.2 Å². The number of aromatic nitrogens is 3. The van der Waals surface area contributed by atoms with Crippen molar-refractivity contribution in [3.8, 4) is 17.0 Å². The number of hydrogen-bond donors (Lipinski definition) is 0. The standard InChI is InChI=1S/C20H23ClF3N3O2Si/c1-30(2,3)10-9-28-13-27-11-16(14-6-7-17(21)26-18(14)27)15-5-4-8-25-19(15)29-12-20(22,23)24/h4-8,11H,9-10,12-13H2,1-3H3. The van der Waals surface area contributed by atoms with E-state index in [1.807, 2.05) is 0 Å². The van der Waals surface area contributed by atoms with Crippen LogP contribution >= 0.6 is 11.6 Å². The van der Waals surface area contributed by atoms with Crippen molar-refractivity contribution >= 4 is 30.7 Å². The molecule has 0 atom stereocenters. The highest BCUT2D eigenvalue weighted by Gasteiger charge is 2.29. The molecule has 3 rings (SSSR count). The third-order valence-corrected chi connectivity index (χ3v) is 6.26. The number of hydrogen-bond acceptors (Lipinski definition) is 4. The zero-order chi connectivity index (χ0) is 21.9. The Labute approximate surface area is 178 Å². The minimum Gasteiger partial charge on any atom is -0.468 e. The van der Waals surface area contributed by atoms with Gasteiger partial charge in [0.1, 0.15) is 17.5 Å². The van der Waals surface area contributed by atoms with Crippen molar-refractivity contribution in [1.29, 1.82) is 0 Å². The zero-order valence-corrected chi connectivity index (χ0v) is 18.7. The highest BCUT2D eigenvalue weighted by molar-refractivity contribution is 6.76. The smallest absolute Gasteiger partial charge is 0.422 e. The molecule has 0 saturated carbocycles. The molecule has 0 aliphatic heterocycles. The van der Waals surface area contributed by atoms with Crippen LogP contribution in [-0.4, -0.2) is 42.0 Å². The summed E-state index contributed by atoms with van der Waals surface area (Å²) in [4.78, 5) is 8.37. The minimum atomic E-state index is -4.46. The first-order valence-electron chi connectivity index (χ1n) is 9.41. The molecule has 3 aromatic heterocycles. The SMILES string of the molecule is C[Si](C)(C)CCOCn1cc(-c2cccnc2OCC(F)(F)F)c2ccc(Cl)nc21. The largest absolute Gasteiger partial charge is 0.468 e. The van der Waals surface area contributed by atoms with Gasteiger partial charge in [0.05, 0.1) is 0 Å². The van der Waals surface area contributed by atoms with Gasteiger partial charge in [-0.05, 0) is 30.3 Å². The van der Waals surface area contributed by atoms with Crippen molar-refractivity contribution in [1.82, 2.24) is 14.5 Å². The third-order valence-electron chi connectivity index (χ3n) is 4.35. The lowest BCUT2D eigenvalue weighted by Gasteiger charge is -2.15. The highest BCUT2D eigenvalue weighted by atomic mass is 35.5. The number of alkyl halides is 3. The summed E-state index contributed by atoms with van der Waals surface area (Å²) in [6.45, 7) is 6.27. The molecule has 0 N–H and O–H groups in total. The number of fused-ring (bicyclic) bond motifs is 1. The molecule has 0 aliphatic rings. The first-order chi connectivity index (χ1) is 14.0. The lowest BCUT2D eigenvalue weighted by Crippen LogP contribution is -2.22. The second-order valence-corrected chi connectivity index (χ2v) is 14.1. The van der Waals surface area contributed by atoms with Crippen LogP contribution in [0, 0.1) is 0 Å². The molecule has 30 heavy (non-hydrogen) atoms. The van der Waals surface area contributed by atoms with Gasteiger partial charge in [0, 0.05) is 43.6 Å². The van der Waals surface area contributed by atoms with Crippen LogP contribution in [0.2, 0.25) is 30.8 Å². The van der Waals surface area contributed by atoms with Crippen LogP contribution in [0.25, 0.3) is 22.2 Å². The Kier molecular flexibility index (Phi) is 6.74. The van der Waals surface area contributed by atoms with E-state index in [9.17, 15) is 13.2 Å². The Bertz CT molecular complexity index is 1020. The first kappa shape index (κ1) is 22.6. The van der Waals surface area contributed by atoms with E-state index < -0.39 is 20.9 Å². The normalized spacial score (nSPS) is 12.5. The molecule has 0 saturated heterocycles. The third kappa shape index (κ3) is 5.96. The summed E-state index contributed by atoms with van der Waals surface area (Å²) in [5, 5.41) is 1.04. The number of halogens is 4. The average molecular weight is 458 g/mol. The summed E-state index contributed by atoms with van der Waals surface area (Å²) >= 11 is 6.08. The Morgan fingerprint density at radius 3 is 2.60 bits per heavy atom. The molecule has 10 heteroatoms. The van der Waals surface area contributed by atoms with E-state index in [4.69, 9.17) is 21.1 Å². The maximum absolute atomic E-state index is 12.6. The number of nitrogens with zero attached hydrogens (tertiary/aromatic N) is 3. The van der Waals surface area contributed by atoms with E-state index in [0.29, 0.717) is 28.5 Å². The number of ether oxygens (including phenoxy) is 2. The summed E-state index contributed by atoms with van der Waals surface area (Å²) in [6.07, 6.45) is -1.29. The molecule has 3 heterocycles. The van der Waals surface area contributed by atoms with Crippen molar-refractivity contribution in [2.75, 3.05) is 13.2 Å². The van der Waals surface area contributed by atoms with Crippen molar-refractivity contribution in [2.24, 2.45) is 0 Å². The Hall–Kier alpha value is -2.10. The van der Waals surface area contributed by atoms with Crippen molar-refractivity contribution in [3.63, 3.8) is 0 Å². The zero-order valence-electron chi connectivity index (χ0n) is 17.0. The molecule has 3 aromatic rings. The maximum atomic E-state index is 12.6. The van der Waals surface area contributed by atoms with E-state index in [2.05, 4.69) is 29.6 Å². The maximum Gasteiger partial charge on any atom is 0.422 e. The molecule has 162 valence electrons. The first-order valence-corrected chi connectivity index (χ1v) is 13.5. The van der Waals surface area contributed by atoms with Crippen LogP contribution in [0.15, 0.2) is 36.7 Å². The van der Waals surface area contributed by atoms with Crippen LogP contribution < -0.4 is 4.74 Å². The average Bonchev–Trinajstić information content (AvgIpc) is 3.00. The molecular weight excluding hydrogens is 435 g/mol. The van der Waals surface area contributed by atoms with E-state index in [0.717, 1.165) is 11.4 Å². The molecule has 0 fully saturated rings. The summed E-state index contributed by atoms with van der Waals surface area (Å²) in [6, 6.07) is 7.74. The lowest BCUT2D eigenvalue weighted by molar-refractivity contribution is -0.154. The fraction of sp³-hybridized carbons (Fsp3) is 0.400. The van der Waals surface area contributed by atoms with Crippen molar-refractivity contribution in [2.45, 2.75) is 38.6 Å². The second-order valence-electron chi connectivity index (χ2n) is 8.13. The van der Waals surface area contributed by atoms with Gasteiger partial charge in [-0.15, -0.1) is 0 Å². The van der Waals surface area contributed by atoms with Gasteiger partial charge in [-0.2, -0.15) is 13.2 Å². The van der Waals surface area contributed by atoms with E-state index in [-0.39, 0.29) is 12.6 Å². The molecule has 0 amide bonds. The molecular formula is C20H23ClF3N3O2Si. The highest BCUT2D eigenvalue weighted by Crippen LogP contribution is 2.35. The molecule has 5 nitrogen and oxygen atoms in total. The quantitative estimate of drug-likeness (QED) is 0.236. The monoisotopic (exact) mass is 457 g/mol. The van der Waals surface area contributed by atoms with Crippen LogP contribution in [0.5, 0.6) is 5.88 Å². The van der Waals surface area contributed by atoms with Gasteiger partial charge in [0.2, 0.25) is 5.88 Å². The second kappa shape index (κ2) is 8.95. The van der Waals surface area contributed by atoms with Gasteiger partial charge in [-0.25, -0.2) is 9.97 Å². The van der Waals surface area contributed by atoms with Crippen molar-refractivity contribution < 1.29 is 22.6 Å². The van der Waals surface area contributed by atoms with Gasteiger partial charge in [0.15, 0.2) is 6.61 Å². The summed E-state index contributed by atoms with van der Waals surface area (Å²) in [5.74, 6) is -0.0940. The lowest BCUT2D eigenvalue weighted by atomic mass is 10.1. The summed E-state index contributed by atoms with van der Waals surface area (Å²) < 4.78 is 50.5. The van der Waals surface area contributed by atoms with E-state index >= 15 is 0 Å². The van der Waals surface area contributed by atoms with Crippen LogP contribution in [0.1, 0.15) is 0 Å². The predicted octanol–water partition coefficient (Wildman–Crippen LogP) is 6.01.